The number of carbonyl (C=O) groups is 2. The molecule has 184 valence electrons. The first-order valence-corrected chi connectivity index (χ1v) is 12.5. The number of rotatable bonds is 5. The molecular weight excluding hydrogens is 450 g/mol. The molecule has 1 fully saturated rings. The number of nitrogens with zero attached hydrogens (tertiary/aromatic N) is 2. The zero-order valence-electron chi connectivity index (χ0n) is 21.0. The van der Waals surface area contributed by atoms with E-state index in [0.29, 0.717) is 35.6 Å². The fraction of sp³-hybridized carbons (Fsp3) is 0.300. The van der Waals surface area contributed by atoms with E-state index >= 15 is 0 Å². The Kier molecular flexibility index (Phi) is 6.59. The van der Waals surface area contributed by atoms with E-state index < -0.39 is 0 Å². The van der Waals surface area contributed by atoms with E-state index in [1.54, 1.807) is 12.1 Å². The molecule has 1 atom stereocenters. The van der Waals surface area contributed by atoms with Crippen molar-refractivity contribution in [2.45, 2.75) is 33.6 Å². The highest BCUT2D eigenvalue weighted by Gasteiger charge is 2.30. The minimum Gasteiger partial charge on any atom is -0.436 e. The average Bonchev–Trinajstić information content (AvgIpc) is 3.33. The van der Waals surface area contributed by atoms with Gasteiger partial charge >= 0.3 is 0 Å². The second-order valence-corrected chi connectivity index (χ2v) is 9.79. The van der Waals surface area contributed by atoms with Gasteiger partial charge < -0.3 is 14.6 Å². The second kappa shape index (κ2) is 9.97. The highest BCUT2D eigenvalue weighted by atomic mass is 16.3. The van der Waals surface area contributed by atoms with Gasteiger partial charge in [0, 0.05) is 35.8 Å². The smallest absolute Gasteiger partial charge is 0.253 e. The van der Waals surface area contributed by atoms with Crippen LogP contribution in [0.3, 0.4) is 0 Å². The van der Waals surface area contributed by atoms with Crippen LogP contribution in [0.5, 0.6) is 0 Å². The van der Waals surface area contributed by atoms with Gasteiger partial charge in [0.2, 0.25) is 11.8 Å². The Balaban J connectivity index is 1.21. The number of oxazole rings is 1. The summed E-state index contributed by atoms with van der Waals surface area (Å²) < 4.78 is 5.88. The van der Waals surface area contributed by atoms with Crippen LogP contribution in [-0.4, -0.2) is 34.8 Å². The maximum Gasteiger partial charge on any atom is 0.253 e. The van der Waals surface area contributed by atoms with Crippen molar-refractivity contribution < 1.29 is 14.0 Å². The van der Waals surface area contributed by atoms with Crippen molar-refractivity contribution in [3.8, 4) is 11.5 Å². The lowest BCUT2D eigenvalue weighted by molar-refractivity contribution is -0.121. The van der Waals surface area contributed by atoms with E-state index in [9.17, 15) is 9.59 Å². The van der Waals surface area contributed by atoms with Gasteiger partial charge in [-0.3, -0.25) is 9.59 Å². The van der Waals surface area contributed by atoms with Crippen LogP contribution >= 0.6 is 0 Å². The van der Waals surface area contributed by atoms with Crippen molar-refractivity contribution in [1.82, 2.24) is 9.88 Å². The molecule has 1 N–H and O–H groups in total. The molecule has 36 heavy (non-hydrogen) atoms. The number of likely N-dealkylation sites (tertiary alicyclic amines) is 1. The second-order valence-electron chi connectivity index (χ2n) is 9.79. The molecule has 2 heterocycles. The number of benzene rings is 3. The molecule has 1 aliphatic rings. The number of fused-ring (bicyclic) bond motifs is 1. The third-order valence-corrected chi connectivity index (χ3v) is 7.24. The van der Waals surface area contributed by atoms with Crippen molar-refractivity contribution in [2.24, 2.45) is 11.8 Å². The topological polar surface area (TPSA) is 75.4 Å². The Bertz CT molecular complexity index is 1400. The molecule has 5 rings (SSSR count). The monoisotopic (exact) mass is 481 g/mol. The molecule has 3 aromatic carbocycles. The van der Waals surface area contributed by atoms with E-state index in [2.05, 4.69) is 16.4 Å². The van der Waals surface area contributed by atoms with Crippen LogP contribution in [-0.2, 0) is 4.79 Å². The van der Waals surface area contributed by atoms with Crippen molar-refractivity contribution in [3.05, 3.63) is 83.4 Å². The lowest BCUT2D eigenvalue weighted by atomic mass is 9.84. The Hall–Kier alpha value is -3.93. The first-order valence-electron chi connectivity index (χ1n) is 12.5. The molecule has 6 heteroatoms. The molecule has 6 nitrogen and oxygen atoms in total. The Morgan fingerprint density at radius 3 is 2.47 bits per heavy atom. The molecule has 1 aromatic heterocycles. The number of hydrogen-bond donors (Lipinski definition) is 1. The number of amides is 2. The van der Waals surface area contributed by atoms with Crippen LogP contribution in [0.2, 0.25) is 0 Å². The van der Waals surface area contributed by atoms with Crippen LogP contribution < -0.4 is 5.32 Å². The molecule has 0 bridgehead atoms. The van der Waals surface area contributed by atoms with Gasteiger partial charge in [-0.2, -0.15) is 0 Å². The summed E-state index contributed by atoms with van der Waals surface area (Å²) in [6.07, 6.45) is 1.61. The van der Waals surface area contributed by atoms with Crippen LogP contribution in [0.4, 0.5) is 5.69 Å². The Morgan fingerprint density at radius 1 is 1.00 bits per heavy atom. The quantitative estimate of drug-likeness (QED) is 0.366. The van der Waals surface area contributed by atoms with E-state index in [1.165, 1.54) is 5.56 Å². The minimum absolute atomic E-state index is 0.00741. The SMILES string of the molecule is Cc1ccc(NC(=O)[C@@H](C)C2CCN(C(=O)c3ccc4oc(-c5ccccc5)nc4c3)CC2)c(C)c1. The summed E-state index contributed by atoms with van der Waals surface area (Å²) >= 11 is 0. The molecule has 1 aliphatic heterocycles. The van der Waals surface area contributed by atoms with E-state index in [-0.39, 0.29) is 23.7 Å². The minimum atomic E-state index is -0.120. The zero-order valence-corrected chi connectivity index (χ0v) is 21.0. The lowest BCUT2D eigenvalue weighted by Gasteiger charge is -2.34. The third kappa shape index (κ3) is 4.89. The first-order chi connectivity index (χ1) is 17.4. The van der Waals surface area contributed by atoms with Crippen LogP contribution in [0.1, 0.15) is 41.3 Å². The van der Waals surface area contributed by atoms with Crippen molar-refractivity contribution in [2.75, 3.05) is 18.4 Å². The van der Waals surface area contributed by atoms with Crippen molar-refractivity contribution >= 4 is 28.6 Å². The van der Waals surface area contributed by atoms with Gasteiger partial charge in [0.25, 0.3) is 5.91 Å². The number of nitrogens with one attached hydrogen (secondary N) is 1. The summed E-state index contributed by atoms with van der Waals surface area (Å²) in [5.41, 5.74) is 5.95. The summed E-state index contributed by atoms with van der Waals surface area (Å²) in [6, 6.07) is 21.2. The van der Waals surface area contributed by atoms with Crippen molar-refractivity contribution in [1.29, 1.82) is 0 Å². The summed E-state index contributed by atoms with van der Waals surface area (Å²) in [4.78, 5) is 32.6. The summed E-state index contributed by atoms with van der Waals surface area (Å²) in [5, 5.41) is 3.09. The molecule has 2 amide bonds. The summed E-state index contributed by atoms with van der Waals surface area (Å²) in [7, 11) is 0. The highest BCUT2D eigenvalue weighted by Crippen LogP contribution is 2.29. The van der Waals surface area contributed by atoms with Crippen LogP contribution in [0.15, 0.2) is 71.1 Å². The molecule has 0 spiro atoms. The molecule has 4 aromatic rings. The molecule has 0 aliphatic carbocycles. The van der Waals surface area contributed by atoms with Crippen LogP contribution in [0, 0.1) is 25.7 Å². The number of hydrogen-bond acceptors (Lipinski definition) is 4. The van der Waals surface area contributed by atoms with E-state index in [4.69, 9.17) is 4.42 Å². The van der Waals surface area contributed by atoms with Gasteiger partial charge in [0.05, 0.1) is 0 Å². The molecule has 0 unspecified atom stereocenters. The van der Waals surface area contributed by atoms with E-state index in [0.717, 1.165) is 29.7 Å². The molecular formula is C30H31N3O3. The number of aryl methyl sites for hydroxylation is 2. The maximum atomic E-state index is 13.2. The fourth-order valence-corrected chi connectivity index (χ4v) is 4.96. The normalized spacial score (nSPS) is 15.1. The van der Waals surface area contributed by atoms with Crippen molar-refractivity contribution in [3.63, 3.8) is 0 Å². The van der Waals surface area contributed by atoms with Gasteiger partial charge in [0.1, 0.15) is 5.52 Å². The van der Waals surface area contributed by atoms with Gasteiger partial charge in [-0.1, -0.05) is 42.8 Å². The third-order valence-electron chi connectivity index (χ3n) is 7.24. The molecule has 1 saturated heterocycles. The highest BCUT2D eigenvalue weighted by molar-refractivity contribution is 5.97. The van der Waals surface area contributed by atoms with E-state index in [1.807, 2.05) is 74.2 Å². The number of aromatic nitrogens is 1. The fourth-order valence-electron chi connectivity index (χ4n) is 4.96. The molecule has 0 radical (unpaired) electrons. The Morgan fingerprint density at radius 2 is 1.75 bits per heavy atom. The summed E-state index contributed by atoms with van der Waals surface area (Å²) in [5.74, 6) is 0.700. The first kappa shape index (κ1) is 23.8. The Labute approximate surface area is 211 Å². The number of carbonyl (C=O) groups excluding carboxylic acids is 2. The van der Waals surface area contributed by atoms with Gasteiger partial charge in [0.15, 0.2) is 5.58 Å². The zero-order chi connectivity index (χ0) is 25.2. The molecule has 0 saturated carbocycles. The van der Waals surface area contributed by atoms with Gasteiger partial charge in [-0.05, 0) is 74.6 Å². The average molecular weight is 482 g/mol. The number of anilines is 1. The van der Waals surface area contributed by atoms with Gasteiger partial charge in [-0.15, -0.1) is 0 Å². The predicted octanol–water partition coefficient (Wildman–Crippen LogP) is 6.24. The maximum absolute atomic E-state index is 13.2. The van der Waals surface area contributed by atoms with Gasteiger partial charge in [-0.25, -0.2) is 4.98 Å². The summed E-state index contributed by atoms with van der Waals surface area (Å²) in [6.45, 7) is 7.32. The largest absolute Gasteiger partial charge is 0.436 e. The van der Waals surface area contributed by atoms with Crippen LogP contribution in [0.25, 0.3) is 22.6 Å². The predicted molar refractivity (Wildman–Crippen MR) is 142 cm³/mol. The standard InChI is InChI=1S/C30H31N3O3/c1-19-9-11-25(20(2)17-19)31-28(34)21(3)22-13-15-33(16-14-22)30(35)24-10-12-27-26(18-24)32-29(36-27)23-7-5-4-6-8-23/h4-12,17-18,21-22H,13-16H2,1-3H3,(H,31,34)/t21-/m0/s1. The number of piperidine rings is 1. The lowest BCUT2D eigenvalue weighted by Crippen LogP contribution is -2.41.